The van der Waals surface area contributed by atoms with E-state index in [9.17, 15) is 4.79 Å². The molecule has 0 unspecified atom stereocenters. The van der Waals surface area contributed by atoms with E-state index in [2.05, 4.69) is 32.9 Å². The number of benzene rings is 1. The zero-order valence-electron chi connectivity index (χ0n) is 9.46. The van der Waals surface area contributed by atoms with E-state index in [1.807, 2.05) is 6.07 Å². The summed E-state index contributed by atoms with van der Waals surface area (Å²) in [6, 6.07) is 6.15. The summed E-state index contributed by atoms with van der Waals surface area (Å²) in [5.41, 5.74) is 2.38. The third-order valence-corrected chi connectivity index (χ3v) is 2.71. The Balaban J connectivity index is 2.39. The predicted molar refractivity (Wildman–Crippen MR) is 59.3 cm³/mol. The molecule has 0 aliphatic carbocycles. The molecular formula is C13H16O2. The summed E-state index contributed by atoms with van der Waals surface area (Å²) < 4.78 is 5.42. The van der Waals surface area contributed by atoms with Gasteiger partial charge in [-0.3, -0.25) is 4.79 Å². The molecule has 0 amide bonds. The van der Waals surface area contributed by atoms with Crippen LogP contribution in [0.5, 0.6) is 5.75 Å². The zero-order chi connectivity index (χ0) is 11.1. The maximum absolute atomic E-state index is 11.2. The number of carbonyl (C=O) groups is 1. The number of Topliss-reactive ketones (excluding diaryl/α,β-unsaturated/α-hetero) is 1. The molecule has 15 heavy (non-hydrogen) atoms. The summed E-state index contributed by atoms with van der Waals surface area (Å²) in [7, 11) is 0. The number of fused-ring (bicyclic) bond motifs is 1. The van der Waals surface area contributed by atoms with E-state index in [1.165, 1.54) is 5.56 Å². The van der Waals surface area contributed by atoms with Gasteiger partial charge in [0.15, 0.2) is 5.78 Å². The molecule has 0 atom stereocenters. The van der Waals surface area contributed by atoms with E-state index in [4.69, 9.17) is 4.74 Å². The van der Waals surface area contributed by atoms with Crippen molar-refractivity contribution in [3.05, 3.63) is 29.3 Å². The van der Waals surface area contributed by atoms with E-state index in [-0.39, 0.29) is 17.8 Å². The topological polar surface area (TPSA) is 26.3 Å². The summed E-state index contributed by atoms with van der Waals surface area (Å²) in [5.74, 6) is 1.04. The maximum atomic E-state index is 11.2. The van der Waals surface area contributed by atoms with Crippen LogP contribution in [0.15, 0.2) is 18.2 Å². The lowest BCUT2D eigenvalue weighted by Gasteiger charge is -2.23. The Morgan fingerprint density at radius 3 is 2.67 bits per heavy atom. The van der Waals surface area contributed by atoms with Gasteiger partial charge in [0.25, 0.3) is 0 Å². The molecule has 0 saturated carbocycles. The first-order chi connectivity index (χ1) is 6.97. The third-order valence-electron chi connectivity index (χ3n) is 2.71. The van der Waals surface area contributed by atoms with Crippen LogP contribution in [0.4, 0.5) is 0 Å². The lowest BCUT2D eigenvalue weighted by Crippen LogP contribution is -2.21. The Labute approximate surface area is 90.3 Å². The second-order valence-electron chi connectivity index (χ2n) is 5.08. The third kappa shape index (κ3) is 2.04. The van der Waals surface area contributed by atoms with Crippen LogP contribution in [0.2, 0.25) is 0 Å². The maximum Gasteiger partial charge on any atom is 0.174 e. The van der Waals surface area contributed by atoms with Crippen molar-refractivity contribution in [2.24, 2.45) is 0 Å². The van der Waals surface area contributed by atoms with Gasteiger partial charge in [-0.25, -0.2) is 0 Å². The zero-order valence-corrected chi connectivity index (χ0v) is 9.46. The molecule has 0 radical (unpaired) electrons. The summed E-state index contributed by atoms with van der Waals surface area (Å²) in [5, 5.41) is 0. The average Bonchev–Trinajstić information content (AvgIpc) is 2.15. The van der Waals surface area contributed by atoms with Crippen molar-refractivity contribution in [3.8, 4) is 5.75 Å². The fraction of sp³-hybridized carbons (Fsp3) is 0.462. The molecule has 0 bridgehead atoms. The van der Waals surface area contributed by atoms with E-state index in [1.54, 1.807) is 0 Å². The SMILES string of the molecule is CC(C)(C)c1ccc2c(c1)OCC(=O)C2. The van der Waals surface area contributed by atoms with Crippen molar-refractivity contribution in [2.45, 2.75) is 32.6 Å². The van der Waals surface area contributed by atoms with Crippen molar-refractivity contribution >= 4 is 5.78 Å². The molecule has 2 rings (SSSR count). The molecule has 0 fully saturated rings. The Kier molecular flexibility index (Phi) is 2.29. The number of hydrogen-bond acceptors (Lipinski definition) is 2. The van der Waals surface area contributed by atoms with E-state index in [0.29, 0.717) is 6.42 Å². The van der Waals surface area contributed by atoms with Crippen LogP contribution in [0.3, 0.4) is 0 Å². The van der Waals surface area contributed by atoms with E-state index >= 15 is 0 Å². The van der Waals surface area contributed by atoms with Crippen molar-refractivity contribution in [2.75, 3.05) is 6.61 Å². The minimum absolute atomic E-state index is 0.125. The van der Waals surface area contributed by atoms with Gasteiger partial charge in [0.2, 0.25) is 0 Å². The normalized spacial score (nSPS) is 15.8. The van der Waals surface area contributed by atoms with Crippen LogP contribution in [0, 0.1) is 0 Å². The van der Waals surface area contributed by atoms with Gasteiger partial charge in [-0.15, -0.1) is 0 Å². The average molecular weight is 204 g/mol. The smallest absolute Gasteiger partial charge is 0.174 e. The van der Waals surface area contributed by atoms with Crippen molar-refractivity contribution in [1.29, 1.82) is 0 Å². The standard InChI is InChI=1S/C13H16O2/c1-13(2,3)10-5-4-9-6-11(14)8-15-12(9)7-10/h4-5,7H,6,8H2,1-3H3. The van der Waals surface area contributed by atoms with Crippen LogP contribution in [0.25, 0.3) is 0 Å². The largest absolute Gasteiger partial charge is 0.486 e. The van der Waals surface area contributed by atoms with E-state index in [0.717, 1.165) is 11.3 Å². The summed E-state index contributed by atoms with van der Waals surface area (Å²) in [6.07, 6.45) is 0.514. The van der Waals surface area contributed by atoms with Gasteiger partial charge in [0.1, 0.15) is 12.4 Å². The van der Waals surface area contributed by atoms with E-state index < -0.39 is 0 Å². The van der Waals surface area contributed by atoms with Crippen LogP contribution >= 0.6 is 0 Å². The number of rotatable bonds is 0. The fourth-order valence-corrected chi connectivity index (χ4v) is 1.72. The first kappa shape index (κ1) is 10.2. The highest BCUT2D eigenvalue weighted by Crippen LogP contribution is 2.30. The molecule has 1 aromatic carbocycles. The fourth-order valence-electron chi connectivity index (χ4n) is 1.72. The summed E-state index contributed by atoms with van der Waals surface area (Å²) in [4.78, 5) is 11.2. The quantitative estimate of drug-likeness (QED) is 0.649. The van der Waals surface area contributed by atoms with Gasteiger partial charge in [-0.05, 0) is 17.0 Å². The Morgan fingerprint density at radius 2 is 2.00 bits per heavy atom. The minimum Gasteiger partial charge on any atom is -0.486 e. The second kappa shape index (κ2) is 3.37. The van der Waals surface area contributed by atoms with Crippen molar-refractivity contribution in [3.63, 3.8) is 0 Å². The Morgan fingerprint density at radius 1 is 1.27 bits per heavy atom. The molecule has 1 aromatic rings. The molecule has 2 heteroatoms. The molecule has 1 heterocycles. The van der Waals surface area contributed by atoms with Crippen LogP contribution in [-0.2, 0) is 16.6 Å². The summed E-state index contributed by atoms with van der Waals surface area (Å²) in [6.45, 7) is 6.73. The molecule has 1 aliphatic heterocycles. The lowest BCUT2D eigenvalue weighted by atomic mass is 9.86. The number of carbonyl (C=O) groups excluding carboxylic acids is 1. The minimum atomic E-state index is 0.125. The van der Waals surface area contributed by atoms with Crippen molar-refractivity contribution < 1.29 is 9.53 Å². The van der Waals surface area contributed by atoms with Gasteiger partial charge in [-0.2, -0.15) is 0 Å². The van der Waals surface area contributed by atoms with Crippen LogP contribution < -0.4 is 4.74 Å². The highest BCUT2D eigenvalue weighted by Gasteiger charge is 2.20. The molecule has 0 aromatic heterocycles. The monoisotopic (exact) mass is 204 g/mol. The molecule has 0 N–H and O–H groups in total. The van der Waals surface area contributed by atoms with Gasteiger partial charge >= 0.3 is 0 Å². The van der Waals surface area contributed by atoms with Gasteiger partial charge in [-0.1, -0.05) is 32.9 Å². The number of hydrogen-bond donors (Lipinski definition) is 0. The molecule has 0 saturated heterocycles. The number of ketones is 1. The second-order valence-corrected chi connectivity index (χ2v) is 5.08. The Hall–Kier alpha value is -1.31. The summed E-state index contributed by atoms with van der Waals surface area (Å²) >= 11 is 0. The van der Waals surface area contributed by atoms with Crippen molar-refractivity contribution in [1.82, 2.24) is 0 Å². The molecular weight excluding hydrogens is 188 g/mol. The molecule has 2 nitrogen and oxygen atoms in total. The van der Waals surface area contributed by atoms with Gasteiger partial charge in [0, 0.05) is 12.0 Å². The first-order valence-electron chi connectivity index (χ1n) is 5.25. The molecule has 80 valence electrons. The highest BCUT2D eigenvalue weighted by atomic mass is 16.5. The Bertz CT molecular complexity index is 399. The first-order valence-corrected chi connectivity index (χ1v) is 5.25. The predicted octanol–water partition coefficient (Wildman–Crippen LogP) is 2.49. The lowest BCUT2D eigenvalue weighted by molar-refractivity contribution is -0.121. The highest BCUT2D eigenvalue weighted by molar-refractivity contribution is 5.84. The van der Waals surface area contributed by atoms with Crippen LogP contribution in [-0.4, -0.2) is 12.4 Å². The number of ether oxygens (including phenoxy) is 1. The van der Waals surface area contributed by atoms with Gasteiger partial charge < -0.3 is 4.74 Å². The molecule has 1 aliphatic rings. The van der Waals surface area contributed by atoms with Gasteiger partial charge in [0.05, 0.1) is 0 Å². The molecule has 0 spiro atoms. The van der Waals surface area contributed by atoms with Crippen LogP contribution in [0.1, 0.15) is 31.9 Å².